The third-order valence-electron chi connectivity index (χ3n) is 2.68. The van der Waals surface area contributed by atoms with Crippen LogP contribution in [0.2, 0.25) is 0 Å². The van der Waals surface area contributed by atoms with Crippen LogP contribution in [0.5, 0.6) is 11.5 Å². The summed E-state index contributed by atoms with van der Waals surface area (Å²) in [7, 11) is 3.35. The minimum absolute atomic E-state index is 0.00523. The van der Waals surface area contributed by atoms with Crippen molar-refractivity contribution in [1.82, 2.24) is 10.1 Å². The summed E-state index contributed by atoms with van der Waals surface area (Å²) in [4.78, 5) is 6.06. The minimum atomic E-state index is -0.00523. The molecule has 18 heavy (non-hydrogen) atoms. The normalized spacial score (nSPS) is 10.4. The van der Waals surface area contributed by atoms with Crippen LogP contribution in [0.25, 0.3) is 11.5 Å². The van der Waals surface area contributed by atoms with E-state index in [1.807, 2.05) is 18.9 Å². The lowest BCUT2D eigenvalue weighted by Crippen LogP contribution is -2.16. The summed E-state index contributed by atoms with van der Waals surface area (Å²) in [5, 5.41) is 13.8. The molecule has 0 aliphatic rings. The maximum atomic E-state index is 9.98. The summed E-state index contributed by atoms with van der Waals surface area (Å²) >= 11 is 0. The molecule has 0 radical (unpaired) electrons. The second-order valence-electron chi connectivity index (χ2n) is 3.77. The lowest BCUT2D eigenvalue weighted by molar-refractivity contribution is 0.371. The van der Waals surface area contributed by atoms with Crippen molar-refractivity contribution in [3.8, 4) is 23.0 Å². The number of hydrogen-bond acceptors (Lipinski definition) is 6. The molecular weight excluding hydrogens is 234 g/mol. The van der Waals surface area contributed by atoms with E-state index in [-0.39, 0.29) is 11.6 Å². The van der Waals surface area contributed by atoms with E-state index in [0.717, 1.165) is 6.54 Å². The zero-order chi connectivity index (χ0) is 13.1. The van der Waals surface area contributed by atoms with Crippen LogP contribution in [-0.2, 0) is 0 Å². The van der Waals surface area contributed by atoms with Gasteiger partial charge in [-0.05, 0) is 24.2 Å². The lowest BCUT2D eigenvalue weighted by Gasteiger charge is -2.08. The molecule has 0 fully saturated rings. The molecule has 96 valence electrons. The molecule has 6 heteroatoms. The van der Waals surface area contributed by atoms with Gasteiger partial charge in [0.1, 0.15) is 0 Å². The SMILES string of the molecule is CCN(C)c1noc(-c2cccc(OC)c2O)n1. The van der Waals surface area contributed by atoms with Crippen molar-refractivity contribution in [3.05, 3.63) is 18.2 Å². The standard InChI is InChI=1S/C12H15N3O3/c1-4-15(2)12-13-11(18-14-12)8-6-5-7-9(17-3)10(8)16/h5-7,16H,4H2,1-3H3. The monoisotopic (exact) mass is 249 g/mol. The Morgan fingerprint density at radius 3 is 2.89 bits per heavy atom. The van der Waals surface area contributed by atoms with Gasteiger partial charge in [-0.15, -0.1) is 0 Å². The van der Waals surface area contributed by atoms with Crippen molar-refractivity contribution in [2.24, 2.45) is 0 Å². The first kappa shape index (κ1) is 12.2. The van der Waals surface area contributed by atoms with Gasteiger partial charge in [0.25, 0.3) is 11.8 Å². The van der Waals surface area contributed by atoms with Gasteiger partial charge in [0.2, 0.25) is 0 Å². The van der Waals surface area contributed by atoms with Crippen molar-refractivity contribution in [2.45, 2.75) is 6.92 Å². The van der Waals surface area contributed by atoms with Gasteiger partial charge in [0.05, 0.1) is 12.7 Å². The van der Waals surface area contributed by atoms with Crippen molar-refractivity contribution in [1.29, 1.82) is 0 Å². The van der Waals surface area contributed by atoms with E-state index in [4.69, 9.17) is 9.26 Å². The quantitative estimate of drug-likeness (QED) is 0.892. The first-order chi connectivity index (χ1) is 8.67. The fourth-order valence-electron chi connectivity index (χ4n) is 1.48. The molecular formula is C12H15N3O3. The largest absolute Gasteiger partial charge is 0.504 e. The Balaban J connectivity index is 2.40. The molecule has 0 spiro atoms. The molecule has 0 bridgehead atoms. The molecule has 0 aliphatic heterocycles. The molecule has 6 nitrogen and oxygen atoms in total. The zero-order valence-corrected chi connectivity index (χ0v) is 10.5. The van der Waals surface area contributed by atoms with E-state index in [9.17, 15) is 5.11 Å². The van der Waals surface area contributed by atoms with E-state index < -0.39 is 0 Å². The molecule has 1 heterocycles. The molecule has 2 aromatic rings. The molecule has 0 saturated heterocycles. The van der Waals surface area contributed by atoms with Crippen LogP contribution in [0, 0.1) is 0 Å². The minimum Gasteiger partial charge on any atom is -0.504 e. The van der Waals surface area contributed by atoms with E-state index in [1.165, 1.54) is 7.11 Å². The van der Waals surface area contributed by atoms with Crippen LogP contribution >= 0.6 is 0 Å². The second kappa shape index (κ2) is 4.95. The molecule has 0 aliphatic carbocycles. The molecule has 0 amide bonds. The summed E-state index contributed by atoms with van der Waals surface area (Å²) in [6.07, 6.45) is 0. The van der Waals surface area contributed by atoms with Crippen molar-refractivity contribution in [2.75, 3.05) is 25.6 Å². The van der Waals surface area contributed by atoms with Crippen LogP contribution in [0.15, 0.2) is 22.7 Å². The number of para-hydroxylation sites is 1. The van der Waals surface area contributed by atoms with Crippen molar-refractivity contribution in [3.63, 3.8) is 0 Å². The molecule has 0 unspecified atom stereocenters. The fourth-order valence-corrected chi connectivity index (χ4v) is 1.48. The highest BCUT2D eigenvalue weighted by Crippen LogP contribution is 2.36. The number of ether oxygens (including phenoxy) is 1. The zero-order valence-electron chi connectivity index (χ0n) is 10.5. The molecule has 2 rings (SSSR count). The van der Waals surface area contributed by atoms with Gasteiger partial charge in [-0.25, -0.2) is 0 Å². The third kappa shape index (κ3) is 2.09. The first-order valence-electron chi connectivity index (χ1n) is 5.58. The number of phenolic OH excluding ortho intramolecular Hbond substituents is 1. The van der Waals surface area contributed by atoms with Crippen LogP contribution in [0.1, 0.15) is 6.92 Å². The summed E-state index contributed by atoms with van der Waals surface area (Å²) < 4.78 is 10.2. The highest BCUT2D eigenvalue weighted by Gasteiger charge is 2.16. The van der Waals surface area contributed by atoms with Crippen molar-refractivity contribution >= 4 is 5.95 Å². The highest BCUT2D eigenvalue weighted by atomic mass is 16.5. The number of anilines is 1. The van der Waals surface area contributed by atoms with Gasteiger partial charge in [-0.3, -0.25) is 0 Å². The van der Waals surface area contributed by atoms with Gasteiger partial charge in [0, 0.05) is 13.6 Å². The summed E-state index contributed by atoms with van der Waals surface area (Å²) in [5.41, 5.74) is 0.456. The van der Waals surface area contributed by atoms with Gasteiger partial charge in [0.15, 0.2) is 11.5 Å². The number of benzene rings is 1. The molecule has 1 aromatic heterocycles. The lowest BCUT2D eigenvalue weighted by atomic mass is 10.2. The predicted molar refractivity (Wildman–Crippen MR) is 66.9 cm³/mol. The molecule has 0 saturated carbocycles. The summed E-state index contributed by atoms with van der Waals surface area (Å²) in [6.45, 7) is 2.75. The number of aromatic hydroxyl groups is 1. The van der Waals surface area contributed by atoms with Gasteiger partial charge < -0.3 is 19.3 Å². The molecule has 1 aromatic carbocycles. The molecule has 1 N–H and O–H groups in total. The first-order valence-corrected chi connectivity index (χ1v) is 5.58. The van der Waals surface area contributed by atoms with Gasteiger partial charge >= 0.3 is 0 Å². The van der Waals surface area contributed by atoms with Crippen molar-refractivity contribution < 1.29 is 14.4 Å². The smallest absolute Gasteiger partial charge is 0.266 e. The van der Waals surface area contributed by atoms with Crippen LogP contribution in [0.4, 0.5) is 5.95 Å². The number of rotatable bonds is 4. The Morgan fingerprint density at radius 2 is 2.22 bits per heavy atom. The topological polar surface area (TPSA) is 71.6 Å². The van der Waals surface area contributed by atoms with Gasteiger partial charge in [-0.2, -0.15) is 4.98 Å². The summed E-state index contributed by atoms with van der Waals surface area (Å²) in [5.74, 6) is 1.11. The number of phenols is 1. The molecule has 0 atom stereocenters. The maximum absolute atomic E-state index is 9.98. The number of aromatic nitrogens is 2. The third-order valence-corrected chi connectivity index (χ3v) is 2.68. The average Bonchev–Trinajstić information content (AvgIpc) is 2.87. The predicted octanol–water partition coefficient (Wildman–Crippen LogP) is 1.91. The second-order valence-corrected chi connectivity index (χ2v) is 3.77. The average molecular weight is 249 g/mol. The van der Waals surface area contributed by atoms with Crippen LogP contribution < -0.4 is 9.64 Å². The van der Waals surface area contributed by atoms with Crippen LogP contribution in [-0.4, -0.2) is 35.9 Å². The van der Waals surface area contributed by atoms with E-state index in [2.05, 4.69) is 10.1 Å². The van der Waals surface area contributed by atoms with Gasteiger partial charge in [-0.1, -0.05) is 6.07 Å². The Bertz CT molecular complexity index is 539. The van der Waals surface area contributed by atoms with E-state index in [1.54, 1.807) is 18.2 Å². The number of methoxy groups -OCH3 is 1. The fraction of sp³-hybridized carbons (Fsp3) is 0.333. The van der Waals surface area contributed by atoms with Crippen LogP contribution in [0.3, 0.4) is 0 Å². The Kier molecular flexibility index (Phi) is 3.36. The highest BCUT2D eigenvalue weighted by molar-refractivity contribution is 5.67. The Labute approximate surface area is 105 Å². The maximum Gasteiger partial charge on any atom is 0.266 e. The Hall–Kier alpha value is -2.24. The number of hydrogen-bond donors (Lipinski definition) is 1. The number of nitrogens with zero attached hydrogens (tertiary/aromatic N) is 3. The van der Waals surface area contributed by atoms with E-state index in [0.29, 0.717) is 17.3 Å². The summed E-state index contributed by atoms with van der Waals surface area (Å²) in [6, 6.07) is 5.11. The van der Waals surface area contributed by atoms with E-state index >= 15 is 0 Å². The Morgan fingerprint density at radius 1 is 1.44 bits per heavy atom.